The quantitative estimate of drug-likeness (QED) is 0.838. The van der Waals surface area contributed by atoms with E-state index in [1.165, 1.54) is 0 Å². The topological polar surface area (TPSA) is 29.1 Å². The zero-order chi connectivity index (χ0) is 10.6. The predicted octanol–water partition coefficient (Wildman–Crippen LogP) is 3.62. The van der Waals surface area contributed by atoms with E-state index in [1.807, 2.05) is 0 Å². The zero-order valence-corrected chi connectivity index (χ0v) is 9.73. The van der Waals surface area contributed by atoms with Crippen LogP contribution in [0.3, 0.4) is 0 Å². The molecular weight excluding hydrogens is 265 g/mol. The van der Waals surface area contributed by atoms with Gasteiger partial charge in [0.15, 0.2) is 0 Å². The standard InChI is InChI=1S/C10H9BrClNO/c1-2-3-10(14)13-7-4-5-9(12)8(11)6-7/h2,4-6H,1,3H2,(H,13,14). The smallest absolute Gasteiger partial charge is 0.228 e. The summed E-state index contributed by atoms with van der Waals surface area (Å²) in [7, 11) is 0. The largest absolute Gasteiger partial charge is 0.326 e. The third-order valence-corrected chi connectivity index (χ3v) is 2.75. The number of carbonyl (C=O) groups excluding carboxylic acids is 1. The van der Waals surface area contributed by atoms with Crippen LogP contribution in [0.2, 0.25) is 5.02 Å². The molecule has 0 saturated heterocycles. The molecule has 2 nitrogen and oxygen atoms in total. The Kier molecular flexibility index (Phi) is 4.17. The van der Waals surface area contributed by atoms with Crippen molar-refractivity contribution < 1.29 is 4.79 Å². The lowest BCUT2D eigenvalue weighted by atomic mass is 10.3. The van der Waals surface area contributed by atoms with E-state index in [4.69, 9.17) is 11.6 Å². The van der Waals surface area contributed by atoms with Crippen LogP contribution in [-0.4, -0.2) is 5.91 Å². The molecular formula is C10H9BrClNO. The van der Waals surface area contributed by atoms with Gasteiger partial charge >= 0.3 is 0 Å². The Bertz CT molecular complexity index is 365. The Morgan fingerprint density at radius 1 is 1.64 bits per heavy atom. The van der Waals surface area contributed by atoms with Crippen molar-refractivity contribution in [3.05, 3.63) is 40.3 Å². The summed E-state index contributed by atoms with van der Waals surface area (Å²) in [5, 5.41) is 3.33. The lowest BCUT2D eigenvalue weighted by Crippen LogP contribution is -2.09. The van der Waals surface area contributed by atoms with Crippen LogP contribution in [0.5, 0.6) is 0 Å². The van der Waals surface area contributed by atoms with E-state index in [2.05, 4.69) is 27.8 Å². The molecule has 74 valence electrons. The maximum Gasteiger partial charge on any atom is 0.228 e. The van der Waals surface area contributed by atoms with Gasteiger partial charge in [-0.15, -0.1) is 6.58 Å². The van der Waals surface area contributed by atoms with Crippen LogP contribution in [0.1, 0.15) is 6.42 Å². The lowest BCUT2D eigenvalue weighted by Gasteiger charge is -2.04. The third kappa shape index (κ3) is 3.16. The van der Waals surface area contributed by atoms with Crippen LogP contribution < -0.4 is 5.32 Å². The number of amides is 1. The van der Waals surface area contributed by atoms with E-state index < -0.39 is 0 Å². The zero-order valence-electron chi connectivity index (χ0n) is 7.39. The van der Waals surface area contributed by atoms with E-state index in [0.29, 0.717) is 17.1 Å². The molecule has 1 aromatic carbocycles. The van der Waals surface area contributed by atoms with Crippen molar-refractivity contribution in [3.63, 3.8) is 0 Å². The van der Waals surface area contributed by atoms with Crippen molar-refractivity contribution in [2.75, 3.05) is 5.32 Å². The molecule has 4 heteroatoms. The average Bonchev–Trinajstić information content (AvgIpc) is 2.12. The summed E-state index contributed by atoms with van der Waals surface area (Å²) >= 11 is 9.07. The summed E-state index contributed by atoms with van der Waals surface area (Å²) in [6, 6.07) is 5.21. The van der Waals surface area contributed by atoms with E-state index in [1.54, 1.807) is 24.3 Å². The van der Waals surface area contributed by atoms with Gasteiger partial charge in [-0.05, 0) is 34.1 Å². The number of rotatable bonds is 3. The Hall–Kier alpha value is -0.800. The predicted molar refractivity (Wildman–Crippen MR) is 62.6 cm³/mol. The Morgan fingerprint density at radius 3 is 2.93 bits per heavy atom. The van der Waals surface area contributed by atoms with Crippen LogP contribution in [0.4, 0.5) is 5.69 Å². The van der Waals surface area contributed by atoms with Gasteiger partial charge in [-0.25, -0.2) is 0 Å². The lowest BCUT2D eigenvalue weighted by molar-refractivity contribution is -0.115. The summed E-state index contributed by atoms with van der Waals surface area (Å²) in [5.74, 6) is -0.0887. The molecule has 1 rings (SSSR count). The van der Waals surface area contributed by atoms with Crippen molar-refractivity contribution in [1.82, 2.24) is 0 Å². The first kappa shape index (κ1) is 11.3. The van der Waals surface area contributed by atoms with Crippen molar-refractivity contribution in [2.45, 2.75) is 6.42 Å². The highest BCUT2D eigenvalue weighted by Crippen LogP contribution is 2.25. The minimum absolute atomic E-state index is 0.0887. The molecule has 0 aliphatic heterocycles. The molecule has 0 heterocycles. The molecule has 1 amide bonds. The monoisotopic (exact) mass is 273 g/mol. The van der Waals surface area contributed by atoms with E-state index in [9.17, 15) is 4.79 Å². The second-order valence-corrected chi connectivity index (χ2v) is 3.93. The SMILES string of the molecule is C=CCC(=O)Nc1ccc(Cl)c(Br)c1. The highest BCUT2D eigenvalue weighted by Gasteiger charge is 2.02. The number of hydrogen-bond acceptors (Lipinski definition) is 1. The summed E-state index contributed by atoms with van der Waals surface area (Å²) in [4.78, 5) is 11.2. The second kappa shape index (κ2) is 5.17. The van der Waals surface area contributed by atoms with Gasteiger partial charge in [0.2, 0.25) is 5.91 Å². The molecule has 1 N–H and O–H groups in total. The van der Waals surface area contributed by atoms with Gasteiger partial charge in [0.05, 0.1) is 5.02 Å². The average molecular weight is 275 g/mol. The highest BCUT2D eigenvalue weighted by atomic mass is 79.9. The molecule has 0 aromatic heterocycles. The third-order valence-electron chi connectivity index (χ3n) is 1.53. The molecule has 1 aromatic rings. The molecule has 0 spiro atoms. The second-order valence-electron chi connectivity index (χ2n) is 2.67. The van der Waals surface area contributed by atoms with Crippen molar-refractivity contribution in [3.8, 4) is 0 Å². The van der Waals surface area contributed by atoms with E-state index >= 15 is 0 Å². The fourth-order valence-corrected chi connectivity index (χ4v) is 1.41. The first-order valence-electron chi connectivity index (χ1n) is 3.99. The summed E-state index contributed by atoms with van der Waals surface area (Å²) in [5.41, 5.74) is 0.716. The van der Waals surface area contributed by atoms with E-state index in [0.717, 1.165) is 4.47 Å². The minimum Gasteiger partial charge on any atom is -0.326 e. The summed E-state index contributed by atoms with van der Waals surface area (Å²) < 4.78 is 0.760. The Labute approximate surface area is 96.1 Å². The van der Waals surface area contributed by atoms with Gasteiger partial charge in [0.25, 0.3) is 0 Å². The molecule has 0 aliphatic rings. The van der Waals surface area contributed by atoms with Gasteiger partial charge in [0, 0.05) is 16.6 Å². The van der Waals surface area contributed by atoms with Crippen molar-refractivity contribution in [2.24, 2.45) is 0 Å². The Balaban J connectivity index is 2.72. The molecule has 14 heavy (non-hydrogen) atoms. The fourth-order valence-electron chi connectivity index (χ4n) is 0.917. The molecule has 0 atom stereocenters. The molecule has 0 unspecified atom stereocenters. The van der Waals surface area contributed by atoms with Gasteiger partial charge in [-0.3, -0.25) is 4.79 Å². The van der Waals surface area contributed by atoms with Gasteiger partial charge in [-0.2, -0.15) is 0 Å². The van der Waals surface area contributed by atoms with Crippen LogP contribution in [0, 0.1) is 0 Å². The van der Waals surface area contributed by atoms with Crippen LogP contribution in [0.25, 0.3) is 0 Å². The first-order chi connectivity index (χ1) is 6.63. The number of anilines is 1. The van der Waals surface area contributed by atoms with Gasteiger partial charge < -0.3 is 5.32 Å². The number of hydrogen-bond donors (Lipinski definition) is 1. The van der Waals surface area contributed by atoms with Crippen LogP contribution in [0.15, 0.2) is 35.3 Å². The van der Waals surface area contributed by atoms with Crippen LogP contribution in [-0.2, 0) is 4.79 Å². The summed E-state index contributed by atoms with van der Waals surface area (Å²) in [6.45, 7) is 3.48. The number of halogens is 2. The van der Waals surface area contributed by atoms with Crippen LogP contribution >= 0.6 is 27.5 Å². The molecule has 0 aliphatic carbocycles. The molecule has 0 bridgehead atoms. The molecule has 0 fully saturated rings. The fraction of sp³-hybridized carbons (Fsp3) is 0.100. The molecule has 0 saturated carbocycles. The number of nitrogens with one attached hydrogen (secondary N) is 1. The summed E-state index contributed by atoms with van der Waals surface area (Å²) in [6.07, 6.45) is 1.86. The van der Waals surface area contributed by atoms with Gasteiger partial charge in [-0.1, -0.05) is 17.7 Å². The van der Waals surface area contributed by atoms with Crippen molar-refractivity contribution in [1.29, 1.82) is 0 Å². The number of benzene rings is 1. The normalized spacial score (nSPS) is 9.57. The van der Waals surface area contributed by atoms with Gasteiger partial charge in [0.1, 0.15) is 0 Å². The first-order valence-corrected chi connectivity index (χ1v) is 5.16. The maximum atomic E-state index is 11.2. The van der Waals surface area contributed by atoms with Crippen molar-refractivity contribution >= 4 is 39.1 Å². The highest BCUT2D eigenvalue weighted by molar-refractivity contribution is 9.10. The molecule has 0 radical (unpaired) electrons. The van der Waals surface area contributed by atoms with E-state index in [-0.39, 0.29) is 5.91 Å². The Morgan fingerprint density at radius 2 is 2.36 bits per heavy atom. The number of carbonyl (C=O) groups is 1. The minimum atomic E-state index is -0.0887. The maximum absolute atomic E-state index is 11.2.